The molecule has 0 saturated carbocycles. The molecule has 1 saturated heterocycles. The summed E-state index contributed by atoms with van der Waals surface area (Å²) in [6.45, 7) is 7.63. The zero-order chi connectivity index (χ0) is 24.9. The van der Waals surface area contributed by atoms with Crippen LogP contribution in [0.3, 0.4) is 0 Å². The van der Waals surface area contributed by atoms with Gasteiger partial charge in [0.1, 0.15) is 5.60 Å². The molecule has 2 N–H and O–H groups in total. The third-order valence-electron chi connectivity index (χ3n) is 6.07. The van der Waals surface area contributed by atoms with Gasteiger partial charge in [0.25, 0.3) is 0 Å². The highest BCUT2D eigenvalue weighted by molar-refractivity contribution is 5.98. The lowest BCUT2D eigenvalue weighted by atomic mass is 9.83. The van der Waals surface area contributed by atoms with Crippen molar-refractivity contribution in [1.82, 2.24) is 10.2 Å². The van der Waals surface area contributed by atoms with E-state index in [0.717, 1.165) is 11.1 Å². The maximum Gasteiger partial charge on any atom is 0.408 e. The summed E-state index contributed by atoms with van der Waals surface area (Å²) in [6.07, 6.45) is 0.161. The zero-order valence-electron chi connectivity index (χ0n) is 20.3. The van der Waals surface area contributed by atoms with Crippen LogP contribution in [0.25, 0.3) is 0 Å². The number of Topliss-reactive ketones (excluding diaryl/α,β-unsaturated/α-hetero) is 1. The highest BCUT2D eigenvalue weighted by Gasteiger charge is 2.35. The molecular weight excluding hydrogens is 432 g/mol. The van der Waals surface area contributed by atoms with Crippen LogP contribution in [0.15, 0.2) is 54.6 Å². The first-order valence-electron chi connectivity index (χ1n) is 11.7. The number of carbonyl (C=O) groups is 3. The van der Waals surface area contributed by atoms with E-state index < -0.39 is 17.8 Å². The molecule has 3 rings (SSSR count). The van der Waals surface area contributed by atoms with E-state index in [9.17, 15) is 19.5 Å². The van der Waals surface area contributed by atoms with E-state index in [1.807, 2.05) is 70.2 Å². The number of rotatable bonds is 6. The molecular formula is C27H34N2O5. The fourth-order valence-corrected chi connectivity index (χ4v) is 4.36. The van der Waals surface area contributed by atoms with Crippen LogP contribution in [-0.4, -0.2) is 46.2 Å². The summed E-state index contributed by atoms with van der Waals surface area (Å²) in [5.74, 6) is -0.199. The van der Waals surface area contributed by atoms with E-state index in [2.05, 4.69) is 5.32 Å². The first-order valence-corrected chi connectivity index (χ1v) is 11.7. The summed E-state index contributed by atoms with van der Waals surface area (Å²) in [5, 5.41) is 12.4. The molecule has 2 aromatic carbocycles. The van der Waals surface area contributed by atoms with Crippen molar-refractivity contribution in [2.75, 3.05) is 6.54 Å². The van der Waals surface area contributed by atoms with Crippen LogP contribution in [0.5, 0.6) is 0 Å². The van der Waals surface area contributed by atoms with Crippen molar-refractivity contribution in [3.63, 3.8) is 0 Å². The zero-order valence-corrected chi connectivity index (χ0v) is 20.3. The predicted molar refractivity (Wildman–Crippen MR) is 130 cm³/mol. The Labute approximate surface area is 201 Å². The average Bonchev–Trinajstić information content (AvgIpc) is 2.78. The summed E-state index contributed by atoms with van der Waals surface area (Å²) in [4.78, 5) is 38.5. The van der Waals surface area contributed by atoms with Crippen LogP contribution in [-0.2, 0) is 11.2 Å². The molecule has 1 aliphatic heterocycles. The molecule has 0 aliphatic carbocycles. The van der Waals surface area contributed by atoms with Crippen LogP contribution in [0.2, 0.25) is 0 Å². The van der Waals surface area contributed by atoms with Crippen molar-refractivity contribution >= 4 is 18.0 Å². The summed E-state index contributed by atoms with van der Waals surface area (Å²) >= 11 is 0. The van der Waals surface area contributed by atoms with E-state index in [-0.39, 0.29) is 23.8 Å². The van der Waals surface area contributed by atoms with Gasteiger partial charge in [0.15, 0.2) is 5.78 Å². The predicted octanol–water partition coefficient (Wildman–Crippen LogP) is 5.46. The van der Waals surface area contributed by atoms with Crippen molar-refractivity contribution in [3.8, 4) is 0 Å². The highest BCUT2D eigenvalue weighted by Crippen LogP contribution is 2.29. The Balaban J connectivity index is 1.65. The number of carbonyl (C=O) groups excluding carboxylic acids is 2. The van der Waals surface area contributed by atoms with Gasteiger partial charge in [0.05, 0.1) is 6.04 Å². The minimum absolute atomic E-state index is 0.0300. The highest BCUT2D eigenvalue weighted by atomic mass is 16.6. The van der Waals surface area contributed by atoms with E-state index in [0.29, 0.717) is 31.4 Å². The van der Waals surface area contributed by atoms with Gasteiger partial charge >= 0.3 is 12.2 Å². The van der Waals surface area contributed by atoms with Crippen LogP contribution < -0.4 is 5.32 Å². The van der Waals surface area contributed by atoms with Crippen molar-refractivity contribution in [1.29, 1.82) is 0 Å². The van der Waals surface area contributed by atoms with Gasteiger partial charge in [-0.25, -0.2) is 9.59 Å². The lowest BCUT2D eigenvalue weighted by Gasteiger charge is -2.37. The number of nitrogens with zero attached hydrogens (tertiary/aromatic N) is 1. The molecule has 0 spiro atoms. The summed E-state index contributed by atoms with van der Waals surface area (Å²) in [6, 6.07) is 16.5. The third-order valence-corrected chi connectivity index (χ3v) is 6.07. The molecule has 3 atom stereocenters. The number of piperidine rings is 1. The van der Waals surface area contributed by atoms with Gasteiger partial charge in [-0.15, -0.1) is 0 Å². The Morgan fingerprint density at radius 1 is 1.09 bits per heavy atom. The number of benzene rings is 2. The maximum absolute atomic E-state index is 13.2. The Morgan fingerprint density at radius 2 is 1.74 bits per heavy atom. The van der Waals surface area contributed by atoms with Crippen LogP contribution >= 0.6 is 0 Å². The molecule has 182 valence electrons. The number of likely N-dealkylation sites (tertiary alicyclic amines) is 1. The number of hydrogen-bond donors (Lipinski definition) is 2. The van der Waals surface area contributed by atoms with E-state index in [1.165, 1.54) is 4.90 Å². The second kappa shape index (κ2) is 10.7. The Hall–Kier alpha value is -3.35. The molecule has 7 nitrogen and oxygen atoms in total. The number of hydrogen-bond acceptors (Lipinski definition) is 4. The summed E-state index contributed by atoms with van der Waals surface area (Å²) < 4.78 is 5.30. The van der Waals surface area contributed by atoms with Crippen LogP contribution in [0.4, 0.5) is 9.59 Å². The molecule has 0 bridgehead atoms. The van der Waals surface area contributed by atoms with Gasteiger partial charge in [0, 0.05) is 24.1 Å². The second-order valence-electron chi connectivity index (χ2n) is 9.89. The maximum atomic E-state index is 13.2. The Bertz CT molecular complexity index is 998. The van der Waals surface area contributed by atoms with E-state index in [1.54, 1.807) is 12.1 Å². The summed E-state index contributed by atoms with van der Waals surface area (Å²) in [5.41, 5.74) is 1.95. The van der Waals surface area contributed by atoms with Gasteiger partial charge in [-0.3, -0.25) is 4.79 Å². The van der Waals surface area contributed by atoms with Gasteiger partial charge < -0.3 is 20.1 Å². The molecule has 7 heteroatoms. The molecule has 0 radical (unpaired) electrons. The van der Waals surface area contributed by atoms with E-state index in [4.69, 9.17) is 4.74 Å². The smallest absolute Gasteiger partial charge is 0.408 e. The van der Waals surface area contributed by atoms with Crippen molar-refractivity contribution in [2.45, 2.75) is 64.6 Å². The average molecular weight is 467 g/mol. The summed E-state index contributed by atoms with van der Waals surface area (Å²) in [7, 11) is 0. The van der Waals surface area contributed by atoms with Gasteiger partial charge in [0.2, 0.25) is 0 Å². The monoisotopic (exact) mass is 466 g/mol. The Kier molecular flexibility index (Phi) is 7.97. The molecule has 34 heavy (non-hydrogen) atoms. The number of ether oxygens (including phenoxy) is 1. The van der Waals surface area contributed by atoms with Gasteiger partial charge in [-0.1, -0.05) is 54.6 Å². The second-order valence-corrected chi connectivity index (χ2v) is 9.89. The van der Waals surface area contributed by atoms with Gasteiger partial charge in [-0.05, 0) is 58.1 Å². The molecule has 1 heterocycles. The van der Waals surface area contributed by atoms with E-state index >= 15 is 0 Å². The molecule has 2 unspecified atom stereocenters. The third kappa shape index (κ3) is 6.83. The van der Waals surface area contributed by atoms with Crippen LogP contribution in [0, 0.1) is 5.92 Å². The minimum Gasteiger partial charge on any atom is -0.465 e. The minimum atomic E-state index is -0.942. The lowest BCUT2D eigenvalue weighted by Crippen LogP contribution is -2.48. The number of alkyl carbamates (subject to hydrolysis) is 1. The Morgan fingerprint density at radius 3 is 2.32 bits per heavy atom. The molecule has 2 amide bonds. The molecule has 1 aliphatic rings. The fraction of sp³-hybridized carbons (Fsp3) is 0.444. The molecule has 2 aromatic rings. The molecule has 0 aromatic heterocycles. The number of ketones is 1. The number of amides is 2. The van der Waals surface area contributed by atoms with Crippen molar-refractivity contribution < 1.29 is 24.2 Å². The largest absolute Gasteiger partial charge is 0.465 e. The molecule has 1 fully saturated rings. The number of nitrogens with one attached hydrogen (secondary N) is 1. The van der Waals surface area contributed by atoms with Crippen molar-refractivity contribution in [3.05, 3.63) is 71.3 Å². The quantitative estimate of drug-likeness (QED) is 0.552. The SMILES string of the molecule is C[C@H](NC(=O)OC(C)(C)C)c1ccc(C(=O)C2CCN(C(=O)O)C(Cc3ccccc3)C2)cc1. The van der Waals surface area contributed by atoms with Gasteiger partial charge in [-0.2, -0.15) is 0 Å². The standard InChI is InChI=1S/C27H34N2O5/c1-18(28-25(31)34-27(2,3)4)20-10-12-21(13-11-20)24(30)22-14-15-29(26(32)33)23(17-22)16-19-8-6-5-7-9-19/h5-13,18,22-23H,14-17H2,1-4H3,(H,28,31)(H,32,33)/t18-,22?,23?/m0/s1. The van der Waals surface area contributed by atoms with Crippen molar-refractivity contribution in [2.24, 2.45) is 5.92 Å². The first kappa shape index (κ1) is 25.3. The fourth-order valence-electron chi connectivity index (χ4n) is 4.36. The normalized spacial score (nSPS) is 19.2. The number of carboxylic acid groups (broad SMARTS) is 1. The first-order chi connectivity index (χ1) is 16.0. The lowest BCUT2D eigenvalue weighted by molar-refractivity contribution is 0.0507. The topological polar surface area (TPSA) is 95.9 Å². The van der Waals surface area contributed by atoms with Crippen LogP contribution in [0.1, 0.15) is 68.1 Å².